The predicted molar refractivity (Wildman–Crippen MR) is 66.6 cm³/mol. The summed E-state index contributed by atoms with van der Waals surface area (Å²) in [5, 5.41) is 0. The van der Waals surface area contributed by atoms with E-state index in [9.17, 15) is 22.8 Å². The van der Waals surface area contributed by atoms with Gasteiger partial charge < -0.3 is 4.74 Å². The lowest BCUT2D eigenvalue weighted by molar-refractivity contribution is -0.174. The Morgan fingerprint density at radius 2 is 1.84 bits per heavy atom. The van der Waals surface area contributed by atoms with Crippen molar-refractivity contribution in [3.63, 3.8) is 0 Å². The Morgan fingerprint density at radius 1 is 1.26 bits per heavy atom. The highest BCUT2D eigenvalue weighted by Gasteiger charge is 2.49. The summed E-state index contributed by atoms with van der Waals surface area (Å²) in [6, 6.07) is 4.26. The van der Waals surface area contributed by atoms with E-state index in [0.29, 0.717) is 5.56 Å². The zero-order valence-corrected chi connectivity index (χ0v) is 11.2. The first-order valence-corrected chi connectivity index (χ1v) is 6.03. The number of aliphatic imine (C=N–C) groups is 1. The number of carbonyl (C=O) groups is 2. The second-order valence-electron chi connectivity index (χ2n) is 3.63. The van der Waals surface area contributed by atoms with Gasteiger partial charge >= 0.3 is 12.1 Å². The van der Waals surface area contributed by atoms with Gasteiger partial charge in [-0.15, -0.1) is 0 Å². The molecule has 0 aliphatic carbocycles. The van der Waals surface area contributed by atoms with Gasteiger partial charge in [0, 0.05) is 9.13 Å². The van der Waals surface area contributed by atoms with Crippen molar-refractivity contribution in [2.24, 2.45) is 4.99 Å². The number of hydrogen-bond donors (Lipinski definition) is 0. The van der Waals surface area contributed by atoms with E-state index < -0.39 is 24.0 Å². The third-order valence-electron chi connectivity index (χ3n) is 2.29. The van der Waals surface area contributed by atoms with Crippen molar-refractivity contribution in [3.8, 4) is 0 Å². The maximum absolute atomic E-state index is 12.2. The number of cyclic esters (lactones) is 1. The molecule has 8 heteroatoms. The van der Waals surface area contributed by atoms with Gasteiger partial charge in [0.2, 0.25) is 11.9 Å². The first-order valence-electron chi connectivity index (χ1n) is 4.95. The van der Waals surface area contributed by atoms with E-state index in [1.807, 2.05) is 22.6 Å². The SMILES string of the molecule is O=C1OC(c2ccc(I)cc2)=NC1C(=O)C(F)(F)F. The molecule has 2 rings (SSSR count). The summed E-state index contributed by atoms with van der Waals surface area (Å²) in [6.07, 6.45) is -5.12. The van der Waals surface area contributed by atoms with Crippen molar-refractivity contribution in [1.82, 2.24) is 0 Å². The summed E-state index contributed by atoms with van der Waals surface area (Å²) in [4.78, 5) is 25.6. The standard InChI is InChI=1S/C11H5F3INO3/c12-11(13,14)8(17)7-10(18)19-9(16-7)5-1-3-6(15)4-2-5/h1-4,7H. The van der Waals surface area contributed by atoms with E-state index in [1.165, 1.54) is 12.1 Å². The number of carbonyl (C=O) groups excluding carboxylic acids is 2. The molecule has 0 amide bonds. The Labute approximate surface area is 118 Å². The van der Waals surface area contributed by atoms with E-state index in [0.717, 1.165) is 3.57 Å². The molecule has 1 heterocycles. The lowest BCUT2D eigenvalue weighted by atomic mass is 10.2. The van der Waals surface area contributed by atoms with Gasteiger partial charge in [-0.05, 0) is 46.9 Å². The molecule has 0 saturated carbocycles. The molecule has 1 aromatic carbocycles. The van der Waals surface area contributed by atoms with Crippen LogP contribution in [-0.4, -0.2) is 29.9 Å². The van der Waals surface area contributed by atoms with E-state index in [-0.39, 0.29) is 5.90 Å². The molecule has 1 aromatic rings. The maximum atomic E-state index is 12.2. The third kappa shape index (κ3) is 2.94. The molecule has 0 N–H and O–H groups in total. The van der Waals surface area contributed by atoms with Gasteiger partial charge in [0.15, 0.2) is 0 Å². The van der Waals surface area contributed by atoms with Crippen LogP contribution in [0.3, 0.4) is 0 Å². The topological polar surface area (TPSA) is 55.7 Å². The van der Waals surface area contributed by atoms with Crippen LogP contribution in [0.15, 0.2) is 29.3 Å². The molecule has 1 aliphatic heterocycles. The van der Waals surface area contributed by atoms with E-state index in [4.69, 9.17) is 0 Å². The molecule has 100 valence electrons. The lowest BCUT2D eigenvalue weighted by Gasteiger charge is -2.05. The number of Topliss-reactive ketones (excluding diaryl/α,β-unsaturated/α-hetero) is 1. The zero-order chi connectivity index (χ0) is 14.2. The number of rotatable bonds is 2. The van der Waals surface area contributed by atoms with Crippen molar-refractivity contribution in [2.75, 3.05) is 0 Å². The molecule has 0 saturated heterocycles. The van der Waals surface area contributed by atoms with Gasteiger partial charge in [-0.1, -0.05) is 0 Å². The third-order valence-corrected chi connectivity index (χ3v) is 3.00. The molecule has 0 fully saturated rings. The predicted octanol–water partition coefficient (Wildman–Crippen LogP) is 2.09. The largest absolute Gasteiger partial charge is 0.452 e. The minimum Gasteiger partial charge on any atom is -0.405 e. The first kappa shape index (κ1) is 14.0. The summed E-state index contributed by atoms with van der Waals surface area (Å²) in [5.74, 6) is -3.81. The highest BCUT2D eigenvalue weighted by Crippen LogP contribution is 2.23. The van der Waals surface area contributed by atoms with Crippen LogP contribution in [0.4, 0.5) is 13.2 Å². The van der Waals surface area contributed by atoms with Crippen LogP contribution in [0.5, 0.6) is 0 Å². The van der Waals surface area contributed by atoms with Crippen LogP contribution in [0.25, 0.3) is 0 Å². The van der Waals surface area contributed by atoms with Crippen LogP contribution < -0.4 is 0 Å². The van der Waals surface area contributed by atoms with Gasteiger partial charge in [-0.25, -0.2) is 9.79 Å². The van der Waals surface area contributed by atoms with Crippen molar-refractivity contribution in [2.45, 2.75) is 12.2 Å². The fourth-order valence-corrected chi connectivity index (χ4v) is 1.75. The molecule has 0 radical (unpaired) electrons. The number of alkyl halides is 3. The highest BCUT2D eigenvalue weighted by molar-refractivity contribution is 14.1. The Balaban J connectivity index is 2.29. The van der Waals surface area contributed by atoms with Crippen molar-refractivity contribution >= 4 is 40.2 Å². The van der Waals surface area contributed by atoms with Gasteiger partial charge in [0.25, 0.3) is 5.78 Å². The fourth-order valence-electron chi connectivity index (χ4n) is 1.39. The zero-order valence-electron chi connectivity index (χ0n) is 9.07. The average molecular weight is 383 g/mol. The van der Waals surface area contributed by atoms with Gasteiger partial charge in [-0.2, -0.15) is 13.2 Å². The first-order chi connectivity index (χ1) is 8.79. The second-order valence-corrected chi connectivity index (χ2v) is 4.87. The maximum Gasteiger partial charge on any atom is 0.452 e. The van der Waals surface area contributed by atoms with Crippen LogP contribution in [0, 0.1) is 3.57 Å². The minimum atomic E-state index is -5.12. The van der Waals surface area contributed by atoms with Crippen LogP contribution in [0.2, 0.25) is 0 Å². The smallest absolute Gasteiger partial charge is 0.405 e. The summed E-state index contributed by atoms with van der Waals surface area (Å²) in [5.41, 5.74) is 0.339. The van der Waals surface area contributed by atoms with Gasteiger partial charge in [0.05, 0.1) is 0 Å². The number of halogens is 4. The molecular weight excluding hydrogens is 378 g/mol. The van der Waals surface area contributed by atoms with E-state index in [2.05, 4.69) is 9.73 Å². The second kappa shape index (κ2) is 4.91. The minimum absolute atomic E-state index is 0.274. The highest BCUT2D eigenvalue weighted by atomic mass is 127. The van der Waals surface area contributed by atoms with Crippen molar-refractivity contribution in [3.05, 3.63) is 33.4 Å². The molecule has 1 atom stereocenters. The van der Waals surface area contributed by atoms with Crippen molar-refractivity contribution in [1.29, 1.82) is 0 Å². The number of ether oxygens (including phenoxy) is 1. The Hall–Kier alpha value is -1.45. The summed E-state index contributed by atoms with van der Waals surface area (Å²) >= 11 is 2.04. The number of ketones is 1. The molecule has 0 spiro atoms. The van der Waals surface area contributed by atoms with E-state index in [1.54, 1.807) is 12.1 Å². The molecule has 0 bridgehead atoms. The quantitative estimate of drug-likeness (QED) is 0.447. The van der Waals surface area contributed by atoms with Gasteiger partial charge in [-0.3, -0.25) is 4.79 Å². The monoisotopic (exact) mass is 383 g/mol. The molecular formula is C11H5F3INO3. The number of benzene rings is 1. The van der Waals surface area contributed by atoms with Crippen LogP contribution in [-0.2, 0) is 14.3 Å². The van der Waals surface area contributed by atoms with E-state index >= 15 is 0 Å². The Morgan fingerprint density at radius 3 is 2.37 bits per heavy atom. The summed E-state index contributed by atoms with van der Waals surface area (Å²) in [6.45, 7) is 0. The Kier molecular flexibility index (Phi) is 3.61. The fraction of sp³-hybridized carbons (Fsp3) is 0.182. The van der Waals surface area contributed by atoms with Crippen LogP contribution >= 0.6 is 22.6 Å². The van der Waals surface area contributed by atoms with Crippen LogP contribution in [0.1, 0.15) is 5.56 Å². The van der Waals surface area contributed by atoms with Gasteiger partial charge in [0.1, 0.15) is 0 Å². The van der Waals surface area contributed by atoms with Crippen molar-refractivity contribution < 1.29 is 27.5 Å². The molecule has 1 unspecified atom stereocenters. The average Bonchev–Trinajstić information content (AvgIpc) is 2.70. The summed E-state index contributed by atoms with van der Waals surface area (Å²) < 4.78 is 42.2. The Bertz CT molecular complexity index is 566. The molecule has 4 nitrogen and oxygen atoms in total. The lowest BCUT2D eigenvalue weighted by Crippen LogP contribution is -2.36. The summed E-state index contributed by atoms with van der Waals surface area (Å²) in [7, 11) is 0. The normalized spacial score (nSPS) is 19.1. The number of esters is 1. The molecule has 1 aliphatic rings. The number of nitrogens with zero attached hydrogens (tertiary/aromatic N) is 1. The number of hydrogen-bond acceptors (Lipinski definition) is 4. The molecule has 0 aromatic heterocycles. The molecule has 19 heavy (non-hydrogen) atoms.